The van der Waals surface area contributed by atoms with Crippen LogP contribution in [0.2, 0.25) is 0 Å². The normalized spacial score (nSPS) is 19.3. The zero-order valence-corrected chi connectivity index (χ0v) is 21.1. The van der Waals surface area contributed by atoms with Crippen LogP contribution in [-0.2, 0) is 4.79 Å². The number of carboxylic acid groups (broad SMARTS) is 1. The second-order valence-corrected chi connectivity index (χ2v) is 10.3. The summed E-state index contributed by atoms with van der Waals surface area (Å²) in [4.78, 5) is 22.2. The van der Waals surface area contributed by atoms with E-state index in [-0.39, 0.29) is 30.2 Å². The van der Waals surface area contributed by atoms with E-state index in [9.17, 15) is 14.3 Å². The molecule has 36 heavy (non-hydrogen) atoms. The number of nitrogens with zero attached hydrogens (tertiary/aromatic N) is 3. The fraction of sp³-hybridized carbons (Fsp3) is 0.444. The van der Waals surface area contributed by atoms with Gasteiger partial charge >= 0.3 is 5.97 Å². The molecule has 0 spiro atoms. The van der Waals surface area contributed by atoms with Gasteiger partial charge in [-0.15, -0.1) is 11.8 Å². The highest BCUT2D eigenvalue weighted by molar-refractivity contribution is 7.99. The number of alkyl halides is 1. The third-order valence-corrected chi connectivity index (χ3v) is 7.80. The summed E-state index contributed by atoms with van der Waals surface area (Å²) in [6, 6.07) is 10.8. The summed E-state index contributed by atoms with van der Waals surface area (Å²) in [5.74, 6) is -0.132. The Bertz CT molecular complexity index is 1170. The number of carbonyl (C=O) groups is 1. The summed E-state index contributed by atoms with van der Waals surface area (Å²) in [5.41, 5.74) is 0.508. The van der Waals surface area contributed by atoms with E-state index in [0.717, 1.165) is 36.5 Å². The van der Waals surface area contributed by atoms with Crippen molar-refractivity contribution in [2.45, 2.75) is 36.9 Å². The van der Waals surface area contributed by atoms with Crippen LogP contribution in [0.3, 0.4) is 0 Å². The van der Waals surface area contributed by atoms with Crippen LogP contribution < -0.4 is 4.74 Å². The molecule has 3 heterocycles. The molecular weight excluding hydrogens is 484 g/mol. The number of pyridine rings is 2. The quantitative estimate of drug-likeness (QED) is 0.325. The van der Waals surface area contributed by atoms with Gasteiger partial charge in [0.1, 0.15) is 17.7 Å². The number of piperidine rings is 1. The van der Waals surface area contributed by atoms with Gasteiger partial charge in [-0.1, -0.05) is 6.07 Å². The first-order valence-electron chi connectivity index (χ1n) is 12.2. The van der Waals surface area contributed by atoms with Gasteiger partial charge in [0.25, 0.3) is 0 Å². The molecule has 1 saturated heterocycles. The molecule has 1 fully saturated rings. The number of hydrogen-bond acceptors (Lipinski definition) is 6. The van der Waals surface area contributed by atoms with Crippen molar-refractivity contribution in [1.82, 2.24) is 14.9 Å². The lowest BCUT2D eigenvalue weighted by atomic mass is 9.79. The standard InChI is InChI=1S/C27H31F2N3O3S/c1-35-20-6-8-24-21(15-20)27(23(29)16-31-24)22(28)7-5-18-9-11-32(17-19(18)14-26(33)34)12-13-36-25-4-2-3-10-30-25/h2-4,6,8,10,15-16,18-19,22H,5,7,9,11-14,17H2,1H3,(H,33,34). The first-order chi connectivity index (χ1) is 17.4. The lowest BCUT2D eigenvalue weighted by molar-refractivity contribution is -0.139. The van der Waals surface area contributed by atoms with Crippen LogP contribution in [0.25, 0.3) is 10.9 Å². The highest BCUT2D eigenvalue weighted by Crippen LogP contribution is 2.37. The summed E-state index contributed by atoms with van der Waals surface area (Å²) in [6.45, 7) is 2.34. The predicted molar refractivity (Wildman–Crippen MR) is 137 cm³/mol. The smallest absolute Gasteiger partial charge is 0.303 e. The fourth-order valence-corrected chi connectivity index (χ4v) is 5.89. The highest BCUT2D eigenvalue weighted by atomic mass is 32.2. The number of hydrogen-bond donors (Lipinski definition) is 1. The van der Waals surface area contributed by atoms with Gasteiger partial charge in [0, 0.05) is 42.4 Å². The van der Waals surface area contributed by atoms with E-state index >= 15 is 4.39 Å². The van der Waals surface area contributed by atoms with Crippen LogP contribution in [0.1, 0.15) is 37.4 Å². The van der Waals surface area contributed by atoms with Crippen molar-refractivity contribution in [3.63, 3.8) is 0 Å². The topological polar surface area (TPSA) is 75.5 Å². The van der Waals surface area contributed by atoms with Crippen LogP contribution in [0.5, 0.6) is 5.75 Å². The molecule has 0 saturated carbocycles. The van der Waals surface area contributed by atoms with Crippen molar-refractivity contribution in [2.75, 3.05) is 32.5 Å². The second-order valence-electron chi connectivity index (χ2n) is 9.17. The number of carboxylic acids is 1. The first-order valence-corrected chi connectivity index (χ1v) is 13.2. The molecule has 1 N–H and O–H groups in total. The molecule has 1 aromatic carbocycles. The Labute approximate surface area is 214 Å². The van der Waals surface area contributed by atoms with Gasteiger partial charge < -0.3 is 14.7 Å². The molecule has 4 rings (SSSR count). The molecule has 0 bridgehead atoms. The average Bonchev–Trinajstić information content (AvgIpc) is 2.88. The third kappa shape index (κ3) is 6.70. The number of thioether (sulfide) groups is 1. The maximum atomic E-state index is 15.5. The highest BCUT2D eigenvalue weighted by Gasteiger charge is 2.32. The molecule has 0 aliphatic carbocycles. The zero-order valence-electron chi connectivity index (χ0n) is 20.3. The van der Waals surface area contributed by atoms with Crippen molar-refractivity contribution in [3.05, 3.63) is 60.2 Å². The van der Waals surface area contributed by atoms with Crippen LogP contribution in [-0.4, -0.2) is 58.4 Å². The Morgan fingerprint density at radius 2 is 2.14 bits per heavy atom. The largest absolute Gasteiger partial charge is 0.497 e. The number of likely N-dealkylation sites (tertiary alicyclic amines) is 1. The van der Waals surface area contributed by atoms with E-state index < -0.39 is 18.0 Å². The van der Waals surface area contributed by atoms with Crippen molar-refractivity contribution < 1.29 is 23.4 Å². The van der Waals surface area contributed by atoms with Crippen molar-refractivity contribution >= 4 is 28.6 Å². The van der Waals surface area contributed by atoms with Gasteiger partial charge in [-0.3, -0.25) is 9.78 Å². The van der Waals surface area contributed by atoms with Crippen molar-refractivity contribution in [3.8, 4) is 5.75 Å². The second kappa shape index (κ2) is 12.5. The molecule has 6 nitrogen and oxygen atoms in total. The number of benzene rings is 1. The number of methoxy groups -OCH3 is 1. The maximum Gasteiger partial charge on any atom is 0.303 e. The van der Waals surface area contributed by atoms with Crippen molar-refractivity contribution in [2.24, 2.45) is 11.8 Å². The fourth-order valence-electron chi connectivity index (χ4n) is 5.02. The molecule has 1 aliphatic heterocycles. The van der Waals surface area contributed by atoms with E-state index in [1.807, 2.05) is 18.2 Å². The predicted octanol–water partition coefficient (Wildman–Crippen LogP) is 5.77. The number of fused-ring (bicyclic) bond motifs is 1. The Morgan fingerprint density at radius 3 is 2.89 bits per heavy atom. The van der Waals surface area contributed by atoms with Gasteiger partial charge in [-0.2, -0.15) is 0 Å². The van der Waals surface area contributed by atoms with Gasteiger partial charge in [0.2, 0.25) is 0 Å². The molecule has 0 radical (unpaired) electrons. The van der Waals surface area contributed by atoms with Gasteiger partial charge in [0.15, 0.2) is 0 Å². The minimum atomic E-state index is -1.51. The monoisotopic (exact) mass is 515 g/mol. The van der Waals surface area contributed by atoms with Gasteiger partial charge in [0.05, 0.1) is 23.8 Å². The summed E-state index contributed by atoms with van der Waals surface area (Å²) in [6.07, 6.45) is 2.80. The molecule has 3 aromatic rings. The van der Waals surface area contributed by atoms with E-state index in [1.54, 1.807) is 36.2 Å². The first kappa shape index (κ1) is 26.3. The molecule has 1 aliphatic rings. The maximum absolute atomic E-state index is 15.5. The zero-order chi connectivity index (χ0) is 25.5. The van der Waals surface area contributed by atoms with Crippen LogP contribution >= 0.6 is 11.8 Å². The van der Waals surface area contributed by atoms with Crippen LogP contribution in [0, 0.1) is 17.7 Å². The van der Waals surface area contributed by atoms with E-state index in [4.69, 9.17) is 4.74 Å². The Hall–Kier alpha value is -2.78. The van der Waals surface area contributed by atoms with E-state index in [2.05, 4.69) is 14.9 Å². The molecule has 3 unspecified atom stereocenters. The molecule has 2 aromatic heterocycles. The molecule has 9 heteroatoms. The lowest BCUT2D eigenvalue weighted by Crippen LogP contribution is -2.42. The van der Waals surface area contributed by atoms with E-state index in [1.165, 1.54) is 7.11 Å². The number of rotatable bonds is 11. The van der Waals surface area contributed by atoms with Crippen LogP contribution in [0.15, 0.2) is 53.8 Å². The summed E-state index contributed by atoms with van der Waals surface area (Å²) < 4.78 is 35.4. The third-order valence-electron chi connectivity index (χ3n) is 6.88. The summed E-state index contributed by atoms with van der Waals surface area (Å²) in [7, 11) is 1.51. The number of ether oxygens (including phenoxy) is 1. The SMILES string of the molecule is COc1ccc2ncc(F)c(C(F)CCC3CCN(CCSc4ccccn4)CC3CC(=O)O)c2c1. The molecule has 3 atom stereocenters. The lowest BCUT2D eigenvalue weighted by Gasteiger charge is -2.38. The Balaban J connectivity index is 1.38. The van der Waals surface area contributed by atoms with Crippen molar-refractivity contribution in [1.29, 1.82) is 0 Å². The van der Waals surface area contributed by atoms with Crippen LogP contribution in [0.4, 0.5) is 8.78 Å². The number of aliphatic carboxylic acids is 1. The van der Waals surface area contributed by atoms with E-state index in [0.29, 0.717) is 29.6 Å². The van der Waals surface area contributed by atoms with Gasteiger partial charge in [-0.25, -0.2) is 13.8 Å². The minimum absolute atomic E-state index is 0.00216. The Kier molecular flexibility index (Phi) is 9.09. The number of aromatic nitrogens is 2. The minimum Gasteiger partial charge on any atom is -0.497 e. The molecule has 0 amide bonds. The summed E-state index contributed by atoms with van der Waals surface area (Å²) in [5, 5.41) is 10.9. The molecular formula is C27H31F2N3O3S. The number of halogens is 2. The average molecular weight is 516 g/mol. The molecule has 192 valence electrons. The summed E-state index contributed by atoms with van der Waals surface area (Å²) >= 11 is 1.68. The Morgan fingerprint density at radius 1 is 1.28 bits per heavy atom. The van der Waals surface area contributed by atoms with Gasteiger partial charge in [-0.05, 0) is 68.0 Å².